The van der Waals surface area contributed by atoms with Crippen molar-refractivity contribution in [1.29, 1.82) is 0 Å². The van der Waals surface area contributed by atoms with E-state index >= 15 is 0 Å². The van der Waals surface area contributed by atoms with Crippen LogP contribution >= 0.6 is 11.8 Å². The van der Waals surface area contributed by atoms with Crippen LogP contribution in [0.3, 0.4) is 0 Å². The van der Waals surface area contributed by atoms with E-state index in [0.717, 1.165) is 5.75 Å². The zero-order chi connectivity index (χ0) is 11.3. The quantitative estimate of drug-likeness (QED) is 0.609. The van der Waals surface area contributed by atoms with Gasteiger partial charge < -0.3 is 5.73 Å². The van der Waals surface area contributed by atoms with Gasteiger partial charge in [-0.2, -0.15) is 0 Å². The number of nitrogens with two attached hydrogens (primary N) is 1. The first kappa shape index (κ1) is 12.4. The van der Waals surface area contributed by atoms with Crippen LogP contribution in [0, 0.1) is 11.7 Å². The largest absolute Gasteiger partial charge is 0.399 e. The van der Waals surface area contributed by atoms with Gasteiger partial charge in [-0.25, -0.2) is 4.39 Å². The van der Waals surface area contributed by atoms with Crippen LogP contribution in [-0.4, -0.2) is 5.75 Å². The molecule has 0 amide bonds. The number of hydrogen-bond acceptors (Lipinski definition) is 2. The van der Waals surface area contributed by atoms with Crippen molar-refractivity contribution in [3.05, 3.63) is 24.0 Å². The van der Waals surface area contributed by atoms with Gasteiger partial charge in [0.05, 0.1) is 0 Å². The summed E-state index contributed by atoms with van der Waals surface area (Å²) >= 11 is 1.57. The highest BCUT2D eigenvalue weighted by Gasteiger charge is 2.06. The van der Waals surface area contributed by atoms with Gasteiger partial charge in [0.15, 0.2) is 0 Å². The van der Waals surface area contributed by atoms with Crippen molar-refractivity contribution < 1.29 is 4.39 Å². The minimum atomic E-state index is -0.205. The molecule has 1 unspecified atom stereocenters. The van der Waals surface area contributed by atoms with E-state index in [1.54, 1.807) is 23.9 Å². The van der Waals surface area contributed by atoms with E-state index in [2.05, 4.69) is 13.8 Å². The molecule has 0 saturated heterocycles. The molecule has 1 nitrogen and oxygen atoms in total. The number of hydrogen-bond donors (Lipinski definition) is 1. The molecule has 0 aliphatic rings. The molecule has 0 spiro atoms. The molecule has 0 radical (unpaired) electrons. The van der Waals surface area contributed by atoms with Crippen LogP contribution in [0.2, 0.25) is 0 Å². The van der Waals surface area contributed by atoms with Crippen molar-refractivity contribution >= 4 is 17.4 Å². The van der Waals surface area contributed by atoms with Gasteiger partial charge in [-0.15, -0.1) is 11.8 Å². The van der Waals surface area contributed by atoms with E-state index in [9.17, 15) is 4.39 Å². The van der Waals surface area contributed by atoms with Gasteiger partial charge in [-0.05, 0) is 24.1 Å². The fraction of sp³-hybridized carbons (Fsp3) is 0.500. The zero-order valence-corrected chi connectivity index (χ0v) is 10.1. The summed E-state index contributed by atoms with van der Waals surface area (Å²) in [6.07, 6.45) is 2.38. The smallest absolute Gasteiger partial charge is 0.138 e. The van der Waals surface area contributed by atoms with Crippen molar-refractivity contribution in [1.82, 2.24) is 0 Å². The molecule has 3 heteroatoms. The maximum Gasteiger partial charge on any atom is 0.138 e. The molecule has 2 N–H and O–H groups in total. The maximum atomic E-state index is 13.4. The Morgan fingerprint density at radius 2 is 2.20 bits per heavy atom. The topological polar surface area (TPSA) is 26.0 Å². The van der Waals surface area contributed by atoms with Crippen LogP contribution in [0.1, 0.15) is 26.7 Å². The van der Waals surface area contributed by atoms with Crippen molar-refractivity contribution in [3.63, 3.8) is 0 Å². The highest BCUT2D eigenvalue weighted by atomic mass is 32.2. The second-order valence-electron chi connectivity index (χ2n) is 3.89. The summed E-state index contributed by atoms with van der Waals surface area (Å²) in [7, 11) is 0. The molecule has 0 fully saturated rings. The molecule has 1 aromatic carbocycles. The minimum absolute atomic E-state index is 0.205. The van der Waals surface area contributed by atoms with Crippen LogP contribution in [0.4, 0.5) is 10.1 Å². The summed E-state index contributed by atoms with van der Waals surface area (Å²) in [5.74, 6) is 1.40. The van der Waals surface area contributed by atoms with E-state index in [4.69, 9.17) is 5.73 Å². The second kappa shape index (κ2) is 6.01. The molecule has 0 aromatic heterocycles. The first-order valence-corrected chi connectivity index (χ1v) is 6.30. The lowest BCUT2D eigenvalue weighted by Gasteiger charge is -2.09. The van der Waals surface area contributed by atoms with Gasteiger partial charge in [-0.1, -0.05) is 26.7 Å². The molecule has 0 aliphatic heterocycles. The van der Waals surface area contributed by atoms with Gasteiger partial charge in [0.1, 0.15) is 5.82 Å². The maximum absolute atomic E-state index is 13.4. The van der Waals surface area contributed by atoms with Crippen LogP contribution in [0.5, 0.6) is 0 Å². The Hall–Kier alpha value is -0.700. The van der Waals surface area contributed by atoms with E-state index in [1.165, 1.54) is 18.9 Å². The molecular weight excluding hydrogens is 209 g/mol. The summed E-state index contributed by atoms with van der Waals surface area (Å²) in [6.45, 7) is 4.37. The predicted molar refractivity (Wildman–Crippen MR) is 65.6 cm³/mol. The van der Waals surface area contributed by atoms with E-state index in [-0.39, 0.29) is 5.82 Å². The van der Waals surface area contributed by atoms with Crippen LogP contribution in [0.25, 0.3) is 0 Å². The third-order valence-corrected chi connectivity index (χ3v) is 3.64. The van der Waals surface area contributed by atoms with Crippen molar-refractivity contribution in [2.45, 2.75) is 31.6 Å². The number of anilines is 1. The molecule has 1 atom stereocenters. The average molecular weight is 227 g/mol. The lowest BCUT2D eigenvalue weighted by atomic mass is 10.1. The molecular formula is C12H18FNS. The van der Waals surface area contributed by atoms with Crippen molar-refractivity contribution in [2.75, 3.05) is 11.5 Å². The Bertz CT molecular complexity index is 314. The van der Waals surface area contributed by atoms with Crippen LogP contribution in [0.15, 0.2) is 23.1 Å². The minimum Gasteiger partial charge on any atom is -0.399 e. The van der Waals surface area contributed by atoms with Gasteiger partial charge in [0.2, 0.25) is 0 Å². The molecule has 0 saturated carbocycles. The molecule has 0 aliphatic carbocycles. The highest BCUT2D eigenvalue weighted by Crippen LogP contribution is 2.26. The Morgan fingerprint density at radius 3 is 2.80 bits per heavy atom. The lowest BCUT2D eigenvalue weighted by Crippen LogP contribution is -1.98. The number of nitrogen functional groups attached to an aromatic ring is 1. The number of thioether (sulfide) groups is 1. The van der Waals surface area contributed by atoms with Crippen molar-refractivity contribution in [3.8, 4) is 0 Å². The summed E-state index contributed by atoms with van der Waals surface area (Å²) in [5.41, 5.74) is 5.97. The summed E-state index contributed by atoms with van der Waals surface area (Å²) in [6, 6.07) is 4.89. The molecule has 1 rings (SSSR count). The Kier molecular flexibility index (Phi) is 4.95. The molecule has 1 aromatic rings. The third-order valence-electron chi connectivity index (χ3n) is 2.26. The molecule has 0 heterocycles. The summed E-state index contributed by atoms with van der Waals surface area (Å²) < 4.78 is 13.4. The fourth-order valence-corrected chi connectivity index (χ4v) is 2.43. The normalized spacial score (nSPS) is 12.7. The lowest BCUT2D eigenvalue weighted by molar-refractivity contribution is 0.581. The van der Waals surface area contributed by atoms with E-state index < -0.39 is 0 Å². The van der Waals surface area contributed by atoms with E-state index in [0.29, 0.717) is 16.5 Å². The van der Waals surface area contributed by atoms with Gasteiger partial charge in [-0.3, -0.25) is 0 Å². The number of halogens is 1. The zero-order valence-electron chi connectivity index (χ0n) is 9.29. The molecule has 84 valence electrons. The van der Waals surface area contributed by atoms with Crippen LogP contribution < -0.4 is 5.73 Å². The summed E-state index contributed by atoms with van der Waals surface area (Å²) in [4.78, 5) is 0.701. The Labute approximate surface area is 95.2 Å². The highest BCUT2D eigenvalue weighted by molar-refractivity contribution is 7.99. The number of rotatable bonds is 5. The first-order chi connectivity index (χ1) is 7.13. The van der Waals surface area contributed by atoms with E-state index in [1.807, 2.05) is 0 Å². The molecule has 15 heavy (non-hydrogen) atoms. The summed E-state index contributed by atoms with van der Waals surface area (Å²) in [5, 5.41) is 0. The SMILES string of the molecule is CCCC(C)CSc1ccc(N)cc1F. The monoisotopic (exact) mass is 227 g/mol. The number of benzene rings is 1. The van der Waals surface area contributed by atoms with Crippen LogP contribution in [-0.2, 0) is 0 Å². The fourth-order valence-electron chi connectivity index (χ4n) is 1.44. The average Bonchev–Trinajstić information content (AvgIpc) is 2.17. The van der Waals surface area contributed by atoms with Gasteiger partial charge in [0.25, 0.3) is 0 Å². The molecule has 0 bridgehead atoms. The van der Waals surface area contributed by atoms with Gasteiger partial charge >= 0.3 is 0 Å². The Morgan fingerprint density at radius 1 is 1.47 bits per heavy atom. The first-order valence-electron chi connectivity index (χ1n) is 5.31. The Balaban J connectivity index is 2.50. The third kappa shape index (κ3) is 4.12. The standard InChI is InChI=1S/C12H18FNS/c1-3-4-9(2)8-15-12-6-5-10(14)7-11(12)13/h5-7,9H,3-4,8,14H2,1-2H3. The second-order valence-corrected chi connectivity index (χ2v) is 4.96. The predicted octanol–water partition coefficient (Wildman–Crippen LogP) is 3.94. The van der Waals surface area contributed by atoms with Crippen molar-refractivity contribution in [2.24, 2.45) is 5.92 Å². The van der Waals surface area contributed by atoms with Gasteiger partial charge in [0, 0.05) is 16.3 Å².